The van der Waals surface area contributed by atoms with E-state index in [2.05, 4.69) is 5.32 Å². The van der Waals surface area contributed by atoms with Crippen LogP contribution in [0.1, 0.15) is 6.92 Å². The average Bonchev–Trinajstić information content (AvgIpc) is 2.61. The molecule has 0 spiro atoms. The minimum absolute atomic E-state index is 0.298. The van der Waals surface area contributed by atoms with E-state index in [0.29, 0.717) is 5.69 Å². The minimum atomic E-state index is -0.410. The maximum absolute atomic E-state index is 12.0. The first kappa shape index (κ1) is 18.9. The predicted molar refractivity (Wildman–Crippen MR) is 102 cm³/mol. The number of amides is 1. The van der Waals surface area contributed by atoms with Crippen molar-refractivity contribution < 1.29 is 14.3 Å². The minimum Gasteiger partial charge on any atom is -0.455 e. The van der Waals surface area contributed by atoms with Crippen molar-refractivity contribution in [1.29, 1.82) is 0 Å². The standard InChI is InChI=1S/C19H22N2O3S/c1-14(25-17-7-5-4-6-8-17)19(23)24-13-18(22)20-15-9-11-16(12-10-15)21(2)3/h4-12,14H,13H2,1-3H3,(H,20,22)/t14-/m0/s1. The van der Waals surface area contributed by atoms with Gasteiger partial charge in [0.2, 0.25) is 0 Å². The zero-order valence-electron chi connectivity index (χ0n) is 14.6. The van der Waals surface area contributed by atoms with Crippen LogP contribution in [0.15, 0.2) is 59.5 Å². The number of esters is 1. The number of hydrogen-bond donors (Lipinski definition) is 1. The number of rotatable bonds is 7. The molecule has 0 saturated heterocycles. The lowest BCUT2D eigenvalue weighted by atomic mass is 10.2. The lowest BCUT2D eigenvalue weighted by Gasteiger charge is -2.13. The van der Waals surface area contributed by atoms with Crippen LogP contribution >= 0.6 is 11.8 Å². The summed E-state index contributed by atoms with van der Waals surface area (Å²) in [6, 6.07) is 17.0. The molecule has 2 aromatic carbocycles. The maximum Gasteiger partial charge on any atom is 0.319 e. The summed E-state index contributed by atoms with van der Waals surface area (Å²) in [6.45, 7) is 1.46. The van der Waals surface area contributed by atoms with Crippen LogP contribution < -0.4 is 10.2 Å². The summed E-state index contributed by atoms with van der Waals surface area (Å²) in [5.74, 6) is -0.769. The van der Waals surface area contributed by atoms with Crippen molar-refractivity contribution >= 4 is 35.0 Å². The van der Waals surface area contributed by atoms with Gasteiger partial charge in [0.05, 0.1) is 0 Å². The van der Waals surface area contributed by atoms with Crippen LogP contribution in [0, 0.1) is 0 Å². The van der Waals surface area contributed by atoms with Gasteiger partial charge in [-0.05, 0) is 43.3 Å². The summed E-state index contributed by atoms with van der Waals surface area (Å²) in [5.41, 5.74) is 1.70. The number of ether oxygens (including phenoxy) is 1. The molecule has 0 aliphatic carbocycles. The first-order valence-electron chi connectivity index (χ1n) is 7.91. The molecule has 6 heteroatoms. The van der Waals surface area contributed by atoms with E-state index < -0.39 is 5.97 Å². The Morgan fingerprint density at radius 1 is 1.08 bits per heavy atom. The molecule has 5 nitrogen and oxygen atoms in total. The van der Waals surface area contributed by atoms with E-state index in [1.807, 2.05) is 73.6 Å². The van der Waals surface area contributed by atoms with Crippen molar-refractivity contribution in [2.24, 2.45) is 0 Å². The van der Waals surface area contributed by atoms with Crippen LogP contribution in [0.4, 0.5) is 11.4 Å². The molecule has 0 aromatic heterocycles. The molecule has 0 aliphatic heterocycles. The molecule has 0 heterocycles. The molecular formula is C19H22N2O3S. The quantitative estimate of drug-likeness (QED) is 0.607. The van der Waals surface area contributed by atoms with E-state index in [-0.39, 0.29) is 17.8 Å². The number of thioether (sulfide) groups is 1. The lowest BCUT2D eigenvalue weighted by Crippen LogP contribution is -2.24. The summed E-state index contributed by atoms with van der Waals surface area (Å²) < 4.78 is 5.09. The molecule has 2 rings (SSSR count). The zero-order chi connectivity index (χ0) is 18.2. The van der Waals surface area contributed by atoms with Gasteiger partial charge in [0.25, 0.3) is 5.91 Å². The van der Waals surface area contributed by atoms with Crippen molar-refractivity contribution in [3.8, 4) is 0 Å². The van der Waals surface area contributed by atoms with E-state index in [1.165, 1.54) is 11.8 Å². The Bertz CT molecular complexity index is 702. The summed E-state index contributed by atoms with van der Waals surface area (Å²) in [6.07, 6.45) is 0. The first-order valence-corrected chi connectivity index (χ1v) is 8.79. The van der Waals surface area contributed by atoms with Gasteiger partial charge in [-0.15, -0.1) is 11.8 Å². The number of nitrogens with zero attached hydrogens (tertiary/aromatic N) is 1. The number of hydrogen-bond acceptors (Lipinski definition) is 5. The van der Waals surface area contributed by atoms with Crippen LogP contribution in [-0.4, -0.2) is 37.8 Å². The monoisotopic (exact) mass is 358 g/mol. The van der Waals surface area contributed by atoms with Crippen molar-refractivity contribution in [1.82, 2.24) is 0 Å². The van der Waals surface area contributed by atoms with Crippen molar-refractivity contribution in [2.45, 2.75) is 17.1 Å². The van der Waals surface area contributed by atoms with Crippen LogP contribution in [0.3, 0.4) is 0 Å². The molecule has 2 aromatic rings. The molecule has 25 heavy (non-hydrogen) atoms. The van der Waals surface area contributed by atoms with E-state index in [1.54, 1.807) is 6.92 Å². The number of carbonyl (C=O) groups is 2. The summed E-state index contributed by atoms with van der Waals surface area (Å²) in [7, 11) is 3.89. The third kappa shape index (κ3) is 6.15. The van der Waals surface area contributed by atoms with Gasteiger partial charge in [-0.3, -0.25) is 9.59 Å². The van der Waals surface area contributed by atoms with Crippen LogP contribution in [0.2, 0.25) is 0 Å². The predicted octanol–water partition coefficient (Wildman–Crippen LogP) is 3.42. The van der Waals surface area contributed by atoms with E-state index in [0.717, 1.165) is 10.6 Å². The Hall–Kier alpha value is -2.47. The molecule has 132 valence electrons. The van der Waals surface area contributed by atoms with Gasteiger partial charge in [-0.2, -0.15) is 0 Å². The molecule has 0 bridgehead atoms. The maximum atomic E-state index is 12.0. The first-order chi connectivity index (χ1) is 12.0. The third-order valence-electron chi connectivity index (χ3n) is 3.40. The number of carbonyl (C=O) groups excluding carboxylic acids is 2. The summed E-state index contributed by atoms with van der Waals surface area (Å²) in [4.78, 5) is 26.9. The highest BCUT2D eigenvalue weighted by molar-refractivity contribution is 8.00. The average molecular weight is 358 g/mol. The summed E-state index contributed by atoms with van der Waals surface area (Å²) in [5, 5.41) is 2.33. The molecule has 0 fully saturated rings. The third-order valence-corrected chi connectivity index (χ3v) is 4.49. The van der Waals surface area contributed by atoms with E-state index in [9.17, 15) is 9.59 Å². The van der Waals surface area contributed by atoms with Gasteiger partial charge in [0.15, 0.2) is 6.61 Å². The highest BCUT2D eigenvalue weighted by Gasteiger charge is 2.17. The molecular weight excluding hydrogens is 336 g/mol. The second kappa shape index (κ2) is 9.13. The fourth-order valence-corrected chi connectivity index (χ4v) is 2.93. The number of nitrogens with one attached hydrogen (secondary N) is 1. The van der Waals surface area contributed by atoms with Crippen LogP contribution in [0.5, 0.6) is 0 Å². The second-order valence-corrected chi connectivity index (χ2v) is 7.08. The van der Waals surface area contributed by atoms with Crippen LogP contribution in [0.25, 0.3) is 0 Å². The van der Waals surface area contributed by atoms with Gasteiger partial charge < -0.3 is 15.0 Å². The molecule has 0 aliphatic rings. The SMILES string of the molecule is C[C@H](Sc1ccccc1)C(=O)OCC(=O)Nc1ccc(N(C)C)cc1. The Kier molecular flexibility index (Phi) is 6.89. The molecule has 0 saturated carbocycles. The largest absolute Gasteiger partial charge is 0.455 e. The topological polar surface area (TPSA) is 58.6 Å². The van der Waals surface area contributed by atoms with E-state index in [4.69, 9.17) is 4.74 Å². The Balaban J connectivity index is 1.77. The van der Waals surface area contributed by atoms with Gasteiger partial charge in [0.1, 0.15) is 5.25 Å². The number of anilines is 2. The molecule has 0 unspecified atom stereocenters. The van der Waals surface area contributed by atoms with Gasteiger partial charge in [-0.1, -0.05) is 18.2 Å². The number of benzene rings is 2. The highest BCUT2D eigenvalue weighted by Crippen LogP contribution is 2.23. The highest BCUT2D eigenvalue weighted by atomic mass is 32.2. The van der Waals surface area contributed by atoms with Crippen LogP contribution in [-0.2, 0) is 14.3 Å². The van der Waals surface area contributed by atoms with E-state index >= 15 is 0 Å². The Labute approximate surface area is 152 Å². The Morgan fingerprint density at radius 3 is 2.32 bits per heavy atom. The van der Waals surface area contributed by atoms with Crippen molar-refractivity contribution in [3.05, 3.63) is 54.6 Å². The fourth-order valence-electron chi connectivity index (χ4n) is 2.05. The van der Waals surface area contributed by atoms with Crippen molar-refractivity contribution in [2.75, 3.05) is 30.9 Å². The lowest BCUT2D eigenvalue weighted by molar-refractivity contribution is -0.146. The van der Waals surface area contributed by atoms with Gasteiger partial charge in [-0.25, -0.2) is 0 Å². The smallest absolute Gasteiger partial charge is 0.319 e. The zero-order valence-corrected chi connectivity index (χ0v) is 15.4. The molecule has 1 atom stereocenters. The summed E-state index contributed by atoms with van der Waals surface area (Å²) >= 11 is 1.40. The van der Waals surface area contributed by atoms with Crippen molar-refractivity contribution in [3.63, 3.8) is 0 Å². The Morgan fingerprint density at radius 2 is 1.72 bits per heavy atom. The van der Waals surface area contributed by atoms with Gasteiger partial charge in [0, 0.05) is 30.4 Å². The molecule has 1 N–H and O–H groups in total. The normalized spacial score (nSPS) is 11.5. The molecule has 1 amide bonds. The fraction of sp³-hybridized carbons (Fsp3) is 0.263. The van der Waals surface area contributed by atoms with Gasteiger partial charge >= 0.3 is 5.97 Å². The second-order valence-electron chi connectivity index (χ2n) is 5.67. The molecule has 0 radical (unpaired) electrons.